The van der Waals surface area contributed by atoms with Crippen molar-refractivity contribution < 1.29 is 9.16 Å². The molecule has 1 saturated heterocycles. The molecular weight excluding hydrogens is 414 g/mol. The van der Waals surface area contributed by atoms with Crippen molar-refractivity contribution in [2.75, 3.05) is 0 Å². The van der Waals surface area contributed by atoms with E-state index < -0.39 is 22.5 Å². The molecule has 0 radical (unpaired) electrons. The second kappa shape index (κ2) is 8.33. The summed E-state index contributed by atoms with van der Waals surface area (Å²) in [7, 11) is -4.51. The summed E-state index contributed by atoms with van der Waals surface area (Å²) in [5.74, 6) is 0. The molecule has 1 fully saturated rings. The lowest BCUT2D eigenvalue weighted by Crippen LogP contribution is -2.69. The van der Waals surface area contributed by atoms with Crippen LogP contribution in [0.5, 0.6) is 0 Å². The fourth-order valence-electron chi connectivity index (χ4n) is 4.55. The Balaban J connectivity index is 2.08. The Morgan fingerprint density at radius 3 is 1.65 bits per heavy atom. The van der Waals surface area contributed by atoms with Crippen LogP contribution in [-0.2, 0) is 9.16 Å². The van der Waals surface area contributed by atoms with Crippen LogP contribution < -0.4 is 10.4 Å². The summed E-state index contributed by atoms with van der Waals surface area (Å²) in [4.78, 5) is 0. The summed E-state index contributed by atoms with van der Waals surface area (Å²) in [6, 6.07) is 24.1. The van der Waals surface area contributed by atoms with Crippen LogP contribution in [0.1, 0.15) is 41.5 Å². The average molecular weight is 452 g/mol. The molecule has 3 atom stereocenters. The van der Waals surface area contributed by atoms with Gasteiger partial charge in [0.1, 0.15) is 6.10 Å². The number of nitrogens with zero attached hydrogens (tertiary/aromatic N) is 1. The van der Waals surface area contributed by atoms with E-state index in [-0.39, 0.29) is 21.9 Å². The molecule has 2 aromatic carbocycles. The van der Waals surface area contributed by atoms with Crippen molar-refractivity contribution in [3.05, 3.63) is 60.7 Å². The van der Waals surface area contributed by atoms with Gasteiger partial charge in [-0.1, -0.05) is 113 Å². The van der Waals surface area contributed by atoms with Crippen LogP contribution in [0.15, 0.2) is 60.7 Å². The zero-order chi connectivity index (χ0) is 23.1. The van der Waals surface area contributed by atoms with E-state index >= 15 is 0 Å². The minimum atomic E-state index is -2.42. The third-order valence-corrected chi connectivity index (χ3v) is 17.9. The zero-order valence-electron chi connectivity index (χ0n) is 20.3. The van der Waals surface area contributed by atoms with Crippen molar-refractivity contribution in [3.63, 3.8) is 0 Å². The molecule has 166 valence electrons. The van der Waals surface area contributed by atoms with Gasteiger partial charge in [0.15, 0.2) is 22.5 Å². The van der Waals surface area contributed by atoms with E-state index in [2.05, 4.69) is 121 Å². The maximum atomic E-state index is 10.1. The highest BCUT2D eigenvalue weighted by molar-refractivity contribution is 7.05. The van der Waals surface area contributed by atoms with Gasteiger partial charge in [-0.3, -0.25) is 0 Å². The first-order valence-corrected chi connectivity index (χ1v) is 16.2. The first-order valence-electron chi connectivity index (χ1n) is 11.2. The molecule has 0 saturated carbocycles. The highest BCUT2D eigenvalue weighted by atomic mass is 28.4. The molecule has 0 bridgehead atoms. The molecule has 2 aromatic rings. The maximum Gasteiger partial charge on any atom is 0.193 e. The van der Waals surface area contributed by atoms with Gasteiger partial charge < -0.3 is 9.16 Å². The third-order valence-electron chi connectivity index (χ3n) is 7.25. The molecule has 0 unspecified atom stereocenters. The van der Waals surface area contributed by atoms with Crippen molar-refractivity contribution in [3.8, 4) is 6.07 Å². The fraction of sp³-hybridized carbons (Fsp3) is 0.500. The quantitative estimate of drug-likeness (QED) is 0.444. The minimum Gasteiger partial charge on any atom is -0.399 e. The summed E-state index contributed by atoms with van der Waals surface area (Å²) in [5, 5.41) is 12.8. The van der Waals surface area contributed by atoms with Gasteiger partial charge in [-0.05, 0) is 23.2 Å². The summed E-state index contributed by atoms with van der Waals surface area (Å²) in [5.41, 5.74) is 0.00622. The van der Waals surface area contributed by atoms with E-state index in [4.69, 9.17) is 9.16 Å². The highest BCUT2D eigenvalue weighted by Crippen LogP contribution is 2.48. The summed E-state index contributed by atoms with van der Waals surface area (Å²) in [6.45, 7) is 18.0. The monoisotopic (exact) mass is 451 g/mol. The first-order chi connectivity index (χ1) is 14.4. The van der Waals surface area contributed by atoms with Crippen LogP contribution in [0, 0.1) is 11.3 Å². The van der Waals surface area contributed by atoms with Gasteiger partial charge in [-0.25, -0.2) is 0 Å². The van der Waals surface area contributed by atoms with Gasteiger partial charge in [0, 0.05) is 0 Å². The van der Waals surface area contributed by atoms with E-state index in [1.807, 2.05) is 0 Å². The summed E-state index contributed by atoms with van der Waals surface area (Å²) in [6.07, 6.45) is -0.724. The Bertz CT molecular complexity index is 884. The van der Waals surface area contributed by atoms with Gasteiger partial charge in [0.2, 0.25) is 0 Å². The third kappa shape index (κ3) is 4.32. The largest absolute Gasteiger partial charge is 0.399 e. The van der Waals surface area contributed by atoms with Crippen LogP contribution in [0.4, 0.5) is 0 Å². The Labute approximate surface area is 190 Å². The van der Waals surface area contributed by atoms with Crippen LogP contribution >= 0.6 is 0 Å². The first kappa shape index (κ1) is 23.9. The highest BCUT2D eigenvalue weighted by Gasteiger charge is 2.66. The standard InChI is InChI=1S/C26H37NO2Si2/c1-25(2,3)30(7,8)29-22(19-27)23-24(28-23)31(26(4,5)6,20-15-11-9-12-16-20)21-17-13-10-14-18-21/h9-18,22-24H,1-8H3/t22-,23+,24+/m0/s1. The Kier molecular flexibility index (Phi) is 6.43. The van der Waals surface area contributed by atoms with Gasteiger partial charge in [-0.2, -0.15) is 5.26 Å². The van der Waals surface area contributed by atoms with Crippen molar-refractivity contribution in [1.82, 2.24) is 0 Å². The van der Waals surface area contributed by atoms with Crippen LogP contribution in [0.3, 0.4) is 0 Å². The lowest BCUT2D eigenvalue weighted by atomic mass is 10.2. The fourth-order valence-corrected chi connectivity index (χ4v) is 11.8. The Hall–Kier alpha value is -1.72. The molecule has 0 aromatic heterocycles. The van der Waals surface area contributed by atoms with Gasteiger partial charge in [0.25, 0.3) is 0 Å². The number of nitriles is 1. The van der Waals surface area contributed by atoms with Crippen LogP contribution in [0.25, 0.3) is 0 Å². The number of hydrogen-bond donors (Lipinski definition) is 0. The van der Waals surface area contributed by atoms with E-state index in [1.165, 1.54) is 10.4 Å². The topological polar surface area (TPSA) is 45.5 Å². The Morgan fingerprint density at radius 2 is 1.29 bits per heavy atom. The van der Waals surface area contributed by atoms with Crippen molar-refractivity contribution in [1.29, 1.82) is 5.26 Å². The molecule has 0 N–H and O–H groups in total. The lowest BCUT2D eigenvalue weighted by molar-refractivity contribution is 0.188. The predicted octanol–water partition coefficient (Wildman–Crippen LogP) is 5.27. The van der Waals surface area contributed by atoms with Gasteiger partial charge in [-0.15, -0.1) is 0 Å². The maximum absolute atomic E-state index is 10.1. The molecule has 1 heterocycles. The lowest BCUT2D eigenvalue weighted by Gasteiger charge is -2.43. The van der Waals surface area contributed by atoms with Crippen LogP contribution in [-0.4, -0.2) is 34.3 Å². The molecule has 0 spiro atoms. The smallest absolute Gasteiger partial charge is 0.193 e. The normalized spacial score (nSPS) is 20.7. The van der Waals surface area contributed by atoms with E-state index in [9.17, 15) is 5.26 Å². The molecule has 1 aliphatic rings. The number of ether oxygens (including phenoxy) is 1. The van der Waals surface area contributed by atoms with Crippen molar-refractivity contribution in [2.24, 2.45) is 0 Å². The molecule has 0 aliphatic carbocycles. The van der Waals surface area contributed by atoms with E-state index in [1.54, 1.807) is 0 Å². The second-order valence-electron chi connectivity index (χ2n) is 11.2. The van der Waals surface area contributed by atoms with E-state index in [0.717, 1.165) is 0 Å². The Morgan fingerprint density at radius 1 is 0.839 bits per heavy atom. The van der Waals surface area contributed by atoms with E-state index in [0.29, 0.717) is 0 Å². The summed E-state index contributed by atoms with van der Waals surface area (Å²) < 4.78 is 13.0. The molecule has 5 heteroatoms. The molecule has 1 aliphatic heterocycles. The molecular formula is C26H37NO2Si2. The number of benzene rings is 2. The van der Waals surface area contributed by atoms with Crippen LogP contribution in [0.2, 0.25) is 23.2 Å². The zero-order valence-corrected chi connectivity index (χ0v) is 22.3. The molecule has 0 amide bonds. The summed E-state index contributed by atoms with van der Waals surface area (Å²) >= 11 is 0. The number of rotatable bonds is 6. The molecule has 3 nitrogen and oxygen atoms in total. The molecule has 31 heavy (non-hydrogen) atoms. The molecule has 3 rings (SSSR count). The number of hydrogen-bond acceptors (Lipinski definition) is 3. The minimum absolute atomic E-state index is 0.00622. The number of epoxide rings is 1. The van der Waals surface area contributed by atoms with Crippen molar-refractivity contribution in [2.45, 2.75) is 82.6 Å². The van der Waals surface area contributed by atoms with Gasteiger partial charge in [0.05, 0.1) is 11.8 Å². The predicted molar refractivity (Wildman–Crippen MR) is 134 cm³/mol. The van der Waals surface area contributed by atoms with Crippen molar-refractivity contribution >= 4 is 26.8 Å². The SMILES string of the molecule is CC(C)(C)[Si](C)(C)O[C@@H](C#N)[C@H]1O[C@@H]1[Si](c1ccccc1)(c1ccccc1)C(C)(C)C. The average Bonchev–Trinajstić information content (AvgIpc) is 3.47. The second-order valence-corrected chi connectivity index (χ2v) is 20.8. The van der Waals surface area contributed by atoms with Gasteiger partial charge >= 0.3 is 0 Å².